The summed E-state index contributed by atoms with van der Waals surface area (Å²) < 4.78 is 0. The summed E-state index contributed by atoms with van der Waals surface area (Å²) in [7, 11) is 0. The minimum absolute atomic E-state index is 0.0790. The van der Waals surface area contributed by atoms with Crippen molar-refractivity contribution in [2.24, 2.45) is 0 Å². The van der Waals surface area contributed by atoms with E-state index in [1.807, 2.05) is 24.3 Å². The van der Waals surface area contributed by atoms with Gasteiger partial charge in [0.15, 0.2) is 0 Å². The molecular weight excluding hydrogens is 272 g/mol. The second kappa shape index (κ2) is 7.65. The molecule has 4 heteroatoms. The summed E-state index contributed by atoms with van der Waals surface area (Å²) in [6, 6.07) is 8.05. The minimum Gasteiger partial charge on any atom is -0.355 e. The highest BCUT2D eigenvalue weighted by Gasteiger charge is 2.23. The fraction of sp³-hybridized carbons (Fsp3) is 0.562. The third kappa shape index (κ3) is 4.22. The highest BCUT2D eigenvalue weighted by Crippen LogP contribution is 2.22. The van der Waals surface area contributed by atoms with Crippen LogP contribution in [-0.4, -0.2) is 18.5 Å². The lowest BCUT2D eigenvalue weighted by Gasteiger charge is -2.24. The molecule has 1 aliphatic rings. The Bertz CT molecular complexity index is 433. The van der Waals surface area contributed by atoms with Crippen LogP contribution in [0.15, 0.2) is 24.3 Å². The molecule has 2 rings (SSSR count). The summed E-state index contributed by atoms with van der Waals surface area (Å²) in [5.41, 5.74) is 1.20. The van der Waals surface area contributed by atoms with Gasteiger partial charge in [0.25, 0.3) is 0 Å². The maximum Gasteiger partial charge on any atom is 0.237 e. The fourth-order valence-corrected chi connectivity index (χ4v) is 2.80. The molecule has 0 aromatic heterocycles. The molecule has 2 atom stereocenters. The molecule has 1 fully saturated rings. The van der Waals surface area contributed by atoms with Crippen molar-refractivity contribution in [3.8, 4) is 0 Å². The maximum atomic E-state index is 12.0. The zero-order valence-corrected chi connectivity index (χ0v) is 12.7. The predicted octanol–water partition coefficient (Wildman–Crippen LogP) is 3.44. The van der Waals surface area contributed by atoms with E-state index in [1.165, 1.54) is 5.56 Å². The highest BCUT2D eigenvalue weighted by molar-refractivity contribution is 6.30. The average Bonchev–Trinajstić information content (AvgIpc) is 2.64. The quantitative estimate of drug-likeness (QED) is 0.873. The monoisotopic (exact) mass is 294 g/mol. The number of nitrogens with one attached hydrogen (secondary N) is 2. The van der Waals surface area contributed by atoms with E-state index < -0.39 is 0 Å². The molecular formula is C16H23ClN2O. The van der Waals surface area contributed by atoms with Crippen LogP contribution in [-0.2, 0) is 4.79 Å². The van der Waals surface area contributed by atoms with E-state index in [2.05, 4.69) is 17.6 Å². The summed E-state index contributed by atoms with van der Waals surface area (Å²) in [5.74, 6) is 0.137. The molecule has 3 nitrogen and oxygen atoms in total. The van der Waals surface area contributed by atoms with Crippen molar-refractivity contribution in [2.45, 2.75) is 51.1 Å². The third-order valence-electron chi connectivity index (χ3n) is 3.79. The standard InChI is InChI=1S/C16H23ClN2O/c1-2-5-14(12-7-9-13(17)10-8-12)19-15-6-3-4-11-18-16(15)20/h7-10,14-15,19H,2-6,11H2,1H3,(H,18,20). The first-order valence-corrected chi connectivity index (χ1v) is 7.87. The van der Waals surface area contributed by atoms with E-state index in [-0.39, 0.29) is 18.0 Å². The molecule has 1 heterocycles. The number of hydrogen-bond acceptors (Lipinski definition) is 2. The van der Waals surface area contributed by atoms with Gasteiger partial charge in [-0.05, 0) is 43.4 Å². The average molecular weight is 295 g/mol. The first kappa shape index (κ1) is 15.3. The summed E-state index contributed by atoms with van der Waals surface area (Å²) >= 11 is 5.95. The zero-order valence-electron chi connectivity index (χ0n) is 12.0. The van der Waals surface area contributed by atoms with Crippen molar-refractivity contribution in [1.82, 2.24) is 10.6 Å². The van der Waals surface area contributed by atoms with Crippen molar-refractivity contribution in [3.05, 3.63) is 34.9 Å². The van der Waals surface area contributed by atoms with Gasteiger partial charge >= 0.3 is 0 Å². The van der Waals surface area contributed by atoms with Crippen molar-refractivity contribution < 1.29 is 4.79 Å². The van der Waals surface area contributed by atoms with Gasteiger partial charge in [0.05, 0.1) is 6.04 Å². The number of rotatable bonds is 5. The van der Waals surface area contributed by atoms with E-state index >= 15 is 0 Å². The molecule has 0 bridgehead atoms. The molecule has 1 aliphatic heterocycles. The van der Waals surface area contributed by atoms with Gasteiger partial charge in [0, 0.05) is 17.6 Å². The summed E-state index contributed by atoms with van der Waals surface area (Å²) in [6.45, 7) is 2.97. The number of halogens is 1. The van der Waals surface area contributed by atoms with Gasteiger partial charge < -0.3 is 5.32 Å². The predicted molar refractivity (Wildman–Crippen MR) is 82.9 cm³/mol. The number of benzene rings is 1. The second-order valence-electron chi connectivity index (χ2n) is 5.40. The molecule has 1 aromatic carbocycles. The molecule has 0 saturated carbocycles. The summed E-state index contributed by atoms with van der Waals surface area (Å²) in [5, 5.41) is 7.25. The van der Waals surface area contributed by atoms with Crippen LogP contribution in [0.25, 0.3) is 0 Å². The van der Waals surface area contributed by atoms with E-state index in [0.29, 0.717) is 0 Å². The third-order valence-corrected chi connectivity index (χ3v) is 4.04. The molecule has 1 aromatic rings. The fourth-order valence-electron chi connectivity index (χ4n) is 2.67. The molecule has 0 aliphatic carbocycles. The number of amides is 1. The Labute approximate surface area is 126 Å². The molecule has 20 heavy (non-hydrogen) atoms. The normalized spacial score (nSPS) is 21.1. The molecule has 110 valence electrons. The van der Waals surface area contributed by atoms with E-state index in [0.717, 1.165) is 43.7 Å². The lowest BCUT2D eigenvalue weighted by molar-refractivity contribution is -0.123. The number of carbonyl (C=O) groups excluding carboxylic acids is 1. The Kier molecular flexibility index (Phi) is 5.86. The Morgan fingerprint density at radius 3 is 2.80 bits per heavy atom. The molecule has 0 spiro atoms. The molecule has 2 unspecified atom stereocenters. The van der Waals surface area contributed by atoms with Crippen LogP contribution in [0.1, 0.15) is 50.6 Å². The van der Waals surface area contributed by atoms with Gasteiger partial charge in [-0.2, -0.15) is 0 Å². The van der Waals surface area contributed by atoms with E-state index in [9.17, 15) is 4.79 Å². The van der Waals surface area contributed by atoms with Crippen LogP contribution in [0.5, 0.6) is 0 Å². The Morgan fingerprint density at radius 1 is 1.35 bits per heavy atom. The Balaban J connectivity index is 2.07. The van der Waals surface area contributed by atoms with Crippen LogP contribution in [0.3, 0.4) is 0 Å². The molecule has 2 N–H and O–H groups in total. The Hall–Kier alpha value is -1.06. The number of hydrogen-bond donors (Lipinski definition) is 2. The molecule has 1 amide bonds. The zero-order chi connectivity index (χ0) is 14.4. The van der Waals surface area contributed by atoms with Gasteiger partial charge in [-0.15, -0.1) is 0 Å². The van der Waals surface area contributed by atoms with Crippen LogP contribution >= 0.6 is 11.6 Å². The first-order chi connectivity index (χ1) is 9.70. The largest absolute Gasteiger partial charge is 0.355 e. The molecule has 1 saturated heterocycles. The lowest BCUT2D eigenvalue weighted by Crippen LogP contribution is -2.44. The van der Waals surface area contributed by atoms with Gasteiger partial charge in [0.2, 0.25) is 5.91 Å². The lowest BCUT2D eigenvalue weighted by atomic mass is 10.00. The van der Waals surface area contributed by atoms with Gasteiger partial charge in [-0.25, -0.2) is 0 Å². The SMILES string of the molecule is CCCC(NC1CCCCNC1=O)c1ccc(Cl)cc1. The van der Waals surface area contributed by atoms with Gasteiger partial charge in [0.1, 0.15) is 0 Å². The van der Waals surface area contributed by atoms with Crippen molar-refractivity contribution in [3.63, 3.8) is 0 Å². The van der Waals surface area contributed by atoms with Crippen LogP contribution in [0.2, 0.25) is 5.02 Å². The van der Waals surface area contributed by atoms with Crippen LogP contribution in [0, 0.1) is 0 Å². The second-order valence-corrected chi connectivity index (χ2v) is 5.84. The van der Waals surface area contributed by atoms with Crippen molar-refractivity contribution in [1.29, 1.82) is 0 Å². The van der Waals surface area contributed by atoms with Gasteiger partial charge in [-0.1, -0.05) is 37.1 Å². The minimum atomic E-state index is -0.0790. The van der Waals surface area contributed by atoms with Crippen molar-refractivity contribution in [2.75, 3.05) is 6.54 Å². The summed E-state index contributed by atoms with van der Waals surface area (Å²) in [6.07, 6.45) is 5.18. The van der Waals surface area contributed by atoms with Crippen LogP contribution < -0.4 is 10.6 Å². The van der Waals surface area contributed by atoms with E-state index in [1.54, 1.807) is 0 Å². The van der Waals surface area contributed by atoms with Crippen LogP contribution in [0.4, 0.5) is 0 Å². The maximum absolute atomic E-state index is 12.0. The smallest absolute Gasteiger partial charge is 0.237 e. The Morgan fingerprint density at radius 2 is 2.10 bits per heavy atom. The summed E-state index contributed by atoms with van der Waals surface area (Å²) in [4.78, 5) is 12.0. The highest BCUT2D eigenvalue weighted by atomic mass is 35.5. The van der Waals surface area contributed by atoms with Crippen molar-refractivity contribution >= 4 is 17.5 Å². The topological polar surface area (TPSA) is 41.1 Å². The van der Waals surface area contributed by atoms with Gasteiger partial charge in [-0.3, -0.25) is 10.1 Å². The number of carbonyl (C=O) groups is 1. The molecule has 0 radical (unpaired) electrons. The first-order valence-electron chi connectivity index (χ1n) is 7.50. The van der Waals surface area contributed by atoms with E-state index in [4.69, 9.17) is 11.6 Å².